The third kappa shape index (κ3) is 4.62. The van der Waals surface area contributed by atoms with Gasteiger partial charge >= 0.3 is 11.9 Å². The van der Waals surface area contributed by atoms with E-state index < -0.39 is 23.3 Å². The zero-order valence-electron chi connectivity index (χ0n) is 18.4. The van der Waals surface area contributed by atoms with Gasteiger partial charge in [-0.2, -0.15) is 0 Å². The fourth-order valence-corrected chi connectivity index (χ4v) is 4.00. The molecular weight excluding hydrogens is 469 g/mol. The molecule has 3 aromatic rings. The molecule has 1 aromatic heterocycles. The van der Waals surface area contributed by atoms with Gasteiger partial charge in [0.05, 0.1) is 18.9 Å². The van der Waals surface area contributed by atoms with Gasteiger partial charge in [-0.05, 0) is 45.0 Å². The van der Waals surface area contributed by atoms with Gasteiger partial charge in [-0.15, -0.1) is 0 Å². The molecule has 9 heteroatoms. The molecule has 0 radical (unpaired) electrons. The molecule has 0 atom stereocenters. The Balaban J connectivity index is 2.41. The zero-order chi connectivity index (χ0) is 24.2. The van der Waals surface area contributed by atoms with Crippen LogP contribution in [-0.4, -0.2) is 42.5 Å². The number of H-pyrrole nitrogens is 1. The van der Waals surface area contributed by atoms with Crippen LogP contribution in [0.4, 0.5) is 0 Å². The molecule has 0 aliphatic heterocycles. The second-order valence-corrected chi connectivity index (χ2v) is 7.83. The largest absolute Gasteiger partial charge is 0.463 e. The van der Waals surface area contributed by atoms with Crippen molar-refractivity contribution >= 4 is 51.8 Å². The van der Waals surface area contributed by atoms with Crippen molar-refractivity contribution < 1.29 is 28.6 Å². The number of aromatic amines is 1. The number of hydrogen-bond acceptors (Lipinski definition) is 6. The van der Waals surface area contributed by atoms with Crippen LogP contribution in [0.2, 0.25) is 10.0 Å². The van der Waals surface area contributed by atoms with Crippen LogP contribution < -0.4 is 0 Å². The smallest absolute Gasteiger partial charge is 0.355 e. The fourth-order valence-electron chi connectivity index (χ4n) is 3.64. The summed E-state index contributed by atoms with van der Waals surface area (Å²) in [5.74, 6) is -2.47. The molecule has 7 nitrogen and oxygen atoms in total. The molecule has 0 aliphatic carbocycles. The Labute approximate surface area is 200 Å². The second-order valence-electron chi connectivity index (χ2n) is 6.96. The molecule has 33 heavy (non-hydrogen) atoms. The molecule has 0 spiro atoms. The molecule has 0 bridgehead atoms. The van der Waals surface area contributed by atoms with E-state index in [-0.39, 0.29) is 36.6 Å². The number of benzene rings is 2. The molecule has 3 rings (SSSR count). The van der Waals surface area contributed by atoms with Gasteiger partial charge in [-0.1, -0.05) is 41.4 Å². The number of ether oxygens (including phenoxy) is 3. The Kier molecular flexibility index (Phi) is 7.79. The summed E-state index contributed by atoms with van der Waals surface area (Å²) in [4.78, 5) is 43.3. The standard InChI is InChI=1S/C24H23Cl2NO6/c1-4-31-22(29)24(33-6-3,23(30)32-5-2)19-17-11-10-16(26)13-18(17)27-20(19)21(28)14-8-7-9-15(25)12-14/h7-13,27H,4-6H2,1-3H3. The number of carbonyl (C=O) groups is 3. The lowest BCUT2D eigenvalue weighted by Crippen LogP contribution is -2.49. The molecule has 0 saturated carbocycles. The molecule has 0 unspecified atom stereocenters. The van der Waals surface area contributed by atoms with Gasteiger partial charge < -0.3 is 19.2 Å². The zero-order valence-corrected chi connectivity index (χ0v) is 19.9. The highest BCUT2D eigenvalue weighted by Crippen LogP contribution is 2.39. The molecule has 0 saturated heterocycles. The first-order chi connectivity index (χ1) is 15.8. The van der Waals surface area contributed by atoms with Crippen LogP contribution in [0, 0.1) is 0 Å². The highest BCUT2D eigenvalue weighted by atomic mass is 35.5. The number of halogens is 2. The summed E-state index contributed by atoms with van der Waals surface area (Å²) < 4.78 is 16.3. The first-order valence-electron chi connectivity index (χ1n) is 10.4. The Morgan fingerprint density at radius 3 is 2.09 bits per heavy atom. The predicted octanol–water partition coefficient (Wildman–Crippen LogP) is 5.06. The summed E-state index contributed by atoms with van der Waals surface area (Å²) in [6.07, 6.45) is 0. The van der Waals surface area contributed by atoms with E-state index in [4.69, 9.17) is 37.4 Å². The molecule has 0 aliphatic rings. The number of rotatable bonds is 9. The summed E-state index contributed by atoms with van der Waals surface area (Å²) in [6, 6.07) is 11.1. The molecule has 0 amide bonds. The topological polar surface area (TPSA) is 94.7 Å². The van der Waals surface area contributed by atoms with E-state index in [1.54, 1.807) is 57.2 Å². The van der Waals surface area contributed by atoms with Crippen LogP contribution in [0.25, 0.3) is 10.9 Å². The van der Waals surface area contributed by atoms with E-state index in [0.29, 0.717) is 20.9 Å². The van der Waals surface area contributed by atoms with Gasteiger partial charge in [0.2, 0.25) is 5.78 Å². The van der Waals surface area contributed by atoms with Crippen molar-refractivity contribution in [1.29, 1.82) is 0 Å². The highest BCUT2D eigenvalue weighted by Gasteiger charge is 2.55. The number of nitrogens with one attached hydrogen (secondary N) is 1. The molecule has 174 valence electrons. The minimum atomic E-state index is -2.34. The lowest BCUT2D eigenvalue weighted by Gasteiger charge is -2.29. The second kappa shape index (κ2) is 10.4. The Morgan fingerprint density at radius 1 is 0.879 bits per heavy atom. The maximum atomic E-state index is 13.6. The normalized spacial score (nSPS) is 11.4. The van der Waals surface area contributed by atoms with Crippen molar-refractivity contribution in [1.82, 2.24) is 4.98 Å². The van der Waals surface area contributed by atoms with E-state index in [0.717, 1.165) is 0 Å². The van der Waals surface area contributed by atoms with Crippen LogP contribution in [0.3, 0.4) is 0 Å². The minimum Gasteiger partial charge on any atom is -0.463 e. The number of fused-ring (bicyclic) bond motifs is 1. The van der Waals surface area contributed by atoms with E-state index in [1.807, 2.05) is 0 Å². The Morgan fingerprint density at radius 2 is 1.52 bits per heavy atom. The van der Waals surface area contributed by atoms with Crippen molar-refractivity contribution in [3.63, 3.8) is 0 Å². The SMILES string of the molecule is CCOC(=O)C(OCC)(C(=O)OCC)c1c(C(=O)c2cccc(Cl)c2)[nH]c2cc(Cl)ccc12. The third-order valence-electron chi connectivity index (χ3n) is 4.91. The van der Waals surface area contributed by atoms with Gasteiger partial charge in [0.25, 0.3) is 5.60 Å². The number of aromatic nitrogens is 1. The van der Waals surface area contributed by atoms with E-state index in [2.05, 4.69) is 4.98 Å². The number of carbonyl (C=O) groups excluding carboxylic acids is 3. The monoisotopic (exact) mass is 491 g/mol. The number of hydrogen-bond donors (Lipinski definition) is 1. The van der Waals surface area contributed by atoms with Crippen molar-refractivity contribution in [2.45, 2.75) is 26.4 Å². The first kappa shape index (κ1) is 24.8. The average molecular weight is 492 g/mol. The molecule has 2 aromatic carbocycles. The molecule has 1 heterocycles. The Hall–Kier alpha value is -2.87. The highest BCUT2D eigenvalue weighted by molar-refractivity contribution is 6.32. The van der Waals surface area contributed by atoms with Crippen LogP contribution in [0.1, 0.15) is 42.4 Å². The van der Waals surface area contributed by atoms with E-state index in [9.17, 15) is 14.4 Å². The minimum absolute atomic E-state index is 0.00195. The maximum Gasteiger partial charge on any atom is 0.355 e. The van der Waals surface area contributed by atoms with Gasteiger partial charge in [-0.25, -0.2) is 9.59 Å². The Bertz CT molecular complexity index is 1180. The fraction of sp³-hybridized carbons (Fsp3) is 0.292. The van der Waals surface area contributed by atoms with Crippen molar-refractivity contribution in [3.05, 3.63) is 69.3 Å². The number of esters is 2. The quantitative estimate of drug-likeness (QED) is 0.255. The maximum absolute atomic E-state index is 13.6. The molecular formula is C24H23Cl2NO6. The molecule has 0 fully saturated rings. The summed E-state index contributed by atoms with van der Waals surface area (Å²) in [7, 11) is 0. The van der Waals surface area contributed by atoms with Gasteiger partial charge in [0.1, 0.15) is 0 Å². The van der Waals surface area contributed by atoms with Crippen LogP contribution in [0.5, 0.6) is 0 Å². The van der Waals surface area contributed by atoms with E-state index in [1.165, 1.54) is 6.07 Å². The van der Waals surface area contributed by atoms with Gasteiger partial charge in [0.15, 0.2) is 0 Å². The third-order valence-corrected chi connectivity index (χ3v) is 5.38. The van der Waals surface area contributed by atoms with E-state index >= 15 is 0 Å². The van der Waals surface area contributed by atoms with Gasteiger partial charge in [0, 0.05) is 38.7 Å². The predicted molar refractivity (Wildman–Crippen MR) is 125 cm³/mol. The van der Waals surface area contributed by atoms with Crippen LogP contribution in [-0.2, 0) is 29.4 Å². The lowest BCUT2D eigenvalue weighted by molar-refractivity contribution is -0.192. The summed E-state index contributed by atoms with van der Waals surface area (Å²) >= 11 is 12.2. The summed E-state index contributed by atoms with van der Waals surface area (Å²) in [5, 5.41) is 1.14. The number of ketones is 1. The van der Waals surface area contributed by atoms with Crippen molar-refractivity contribution in [3.8, 4) is 0 Å². The van der Waals surface area contributed by atoms with Crippen LogP contribution >= 0.6 is 23.2 Å². The van der Waals surface area contributed by atoms with Crippen molar-refractivity contribution in [2.75, 3.05) is 19.8 Å². The summed E-state index contributed by atoms with van der Waals surface area (Å²) in [6.45, 7) is 4.76. The van der Waals surface area contributed by atoms with Crippen molar-refractivity contribution in [2.24, 2.45) is 0 Å². The van der Waals surface area contributed by atoms with Gasteiger partial charge in [-0.3, -0.25) is 4.79 Å². The molecule has 1 N–H and O–H groups in total. The van der Waals surface area contributed by atoms with Crippen LogP contribution in [0.15, 0.2) is 42.5 Å². The first-order valence-corrected chi connectivity index (χ1v) is 11.2. The average Bonchev–Trinajstić information content (AvgIpc) is 3.15. The lowest BCUT2D eigenvalue weighted by atomic mass is 9.88. The summed E-state index contributed by atoms with van der Waals surface area (Å²) in [5.41, 5.74) is -1.70.